The molecule has 0 saturated carbocycles. The van der Waals surface area contributed by atoms with Gasteiger partial charge in [0.05, 0.1) is 6.54 Å². The van der Waals surface area contributed by atoms with Crippen LogP contribution in [0, 0.1) is 5.53 Å². The number of carbonyl (C=O) groups is 2. The zero-order valence-corrected chi connectivity index (χ0v) is 21.6. The summed E-state index contributed by atoms with van der Waals surface area (Å²) in [5, 5.41) is 3.51. The number of piperidine rings is 1. The Labute approximate surface area is 226 Å². The smallest absolute Gasteiger partial charge is 0.280 e. The molecule has 1 aliphatic heterocycles. The molecule has 194 valence electrons. The maximum atomic E-state index is 13.4. The number of carbonyl (C=O) groups excluding carboxylic acids is 2. The normalized spacial score (nSPS) is 13.9. The predicted octanol–water partition coefficient (Wildman–Crippen LogP) is 6.06. The second-order valence-electron chi connectivity index (χ2n) is 8.93. The lowest BCUT2D eigenvalue weighted by Gasteiger charge is -2.29. The fourth-order valence-corrected chi connectivity index (χ4v) is 4.48. The van der Waals surface area contributed by atoms with E-state index in [1.54, 1.807) is 41.3 Å². The zero-order valence-electron chi connectivity index (χ0n) is 20.9. The number of nitrogens with two attached hydrogens (primary N) is 1. The molecule has 8 nitrogen and oxygen atoms in total. The van der Waals surface area contributed by atoms with Gasteiger partial charge in [-0.15, -0.1) is 5.11 Å². The van der Waals surface area contributed by atoms with E-state index in [2.05, 4.69) is 27.1 Å². The highest BCUT2D eigenvalue weighted by molar-refractivity contribution is 6.32. The van der Waals surface area contributed by atoms with Crippen molar-refractivity contribution in [1.29, 1.82) is 5.53 Å². The Morgan fingerprint density at radius 3 is 2.32 bits per heavy atom. The van der Waals surface area contributed by atoms with Crippen molar-refractivity contribution in [2.24, 2.45) is 15.8 Å². The lowest BCUT2D eigenvalue weighted by atomic mass is 10.1. The lowest BCUT2D eigenvalue weighted by Crippen LogP contribution is -2.30. The molecule has 0 unspecified atom stereocenters. The number of hydrogen-bond acceptors (Lipinski definition) is 4. The number of anilines is 2. The number of nitrogens with zero attached hydrogens (tertiary/aromatic N) is 4. The summed E-state index contributed by atoms with van der Waals surface area (Å²) in [5.74, 6) is -1.20. The fourth-order valence-electron chi connectivity index (χ4n) is 4.28. The lowest BCUT2D eigenvalue weighted by molar-refractivity contribution is -0.114. The van der Waals surface area contributed by atoms with Gasteiger partial charge in [-0.1, -0.05) is 41.9 Å². The van der Waals surface area contributed by atoms with Crippen LogP contribution in [0.5, 0.6) is 0 Å². The standard InChI is InChI=1S/C29H29ClN6O2/c30-26-7-3-2-6-22(26)12-17-27(37)36(25-15-13-24(14-16-25)35-18-4-1-5-19-35)20-21-8-10-23(11-9-21)28(38)33-29(31)34-32/h2-3,6-17,32H,1,4-5,18-20H2,(H2,31,33,38)/b17-12+,34-32?. The molecule has 1 heterocycles. The van der Waals surface area contributed by atoms with Gasteiger partial charge < -0.3 is 15.5 Å². The second-order valence-corrected chi connectivity index (χ2v) is 9.33. The molecule has 0 aliphatic carbocycles. The number of benzene rings is 3. The fraction of sp³-hybridized carbons (Fsp3) is 0.207. The summed E-state index contributed by atoms with van der Waals surface area (Å²) in [7, 11) is 0. The highest BCUT2D eigenvalue weighted by Crippen LogP contribution is 2.26. The predicted molar refractivity (Wildman–Crippen MR) is 152 cm³/mol. The van der Waals surface area contributed by atoms with E-state index in [9.17, 15) is 9.59 Å². The first-order valence-corrected chi connectivity index (χ1v) is 12.8. The van der Waals surface area contributed by atoms with Crippen LogP contribution in [0.4, 0.5) is 11.4 Å². The minimum Gasteiger partial charge on any atom is -0.372 e. The Morgan fingerprint density at radius 2 is 1.66 bits per heavy atom. The number of amides is 2. The molecule has 3 N–H and O–H groups in total. The molecule has 4 rings (SSSR count). The number of hydrogen-bond donors (Lipinski definition) is 2. The molecule has 1 fully saturated rings. The number of guanidine groups is 1. The van der Waals surface area contributed by atoms with Gasteiger partial charge in [-0.2, -0.15) is 4.99 Å². The molecule has 0 bridgehead atoms. The molecule has 1 aliphatic rings. The molecule has 3 aromatic rings. The first-order valence-electron chi connectivity index (χ1n) is 12.4. The third kappa shape index (κ3) is 6.92. The van der Waals surface area contributed by atoms with Gasteiger partial charge in [0.2, 0.25) is 5.96 Å². The average Bonchev–Trinajstić information content (AvgIpc) is 2.96. The molecule has 38 heavy (non-hydrogen) atoms. The van der Waals surface area contributed by atoms with Crippen LogP contribution in [0.2, 0.25) is 5.02 Å². The van der Waals surface area contributed by atoms with Crippen molar-refractivity contribution in [3.8, 4) is 0 Å². The molecular formula is C29H29ClN6O2. The molecule has 2 amide bonds. The van der Waals surface area contributed by atoms with Crippen molar-refractivity contribution in [3.05, 3.63) is 101 Å². The second kappa shape index (κ2) is 12.8. The number of halogens is 1. The van der Waals surface area contributed by atoms with Gasteiger partial charge >= 0.3 is 0 Å². The molecule has 0 atom stereocenters. The van der Waals surface area contributed by atoms with E-state index in [0.29, 0.717) is 10.6 Å². The number of rotatable bonds is 7. The van der Waals surface area contributed by atoms with Crippen molar-refractivity contribution in [1.82, 2.24) is 0 Å². The number of nitrogens with one attached hydrogen (secondary N) is 1. The Balaban J connectivity index is 1.58. The highest BCUT2D eigenvalue weighted by Gasteiger charge is 2.17. The summed E-state index contributed by atoms with van der Waals surface area (Å²) in [5.41, 5.74) is 16.0. The first kappa shape index (κ1) is 26.8. The summed E-state index contributed by atoms with van der Waals surface area (Å²) in [4.78, 5) is 33.2. The van der Waals surface area contributed by atoms with Gasteiger partial charge in [0.25, 0.3) is 11.8 Å². The van der Waals surface area contributed by atoms with E-state index in [0.717, 1.165) is 35.6 Å². The van der Waals surface area contributed by atoms with E-state index in [-0.39, 0.29) is 12.5 Å². The highest BCUT2D eigenvalue weighted by atomic mass is 35.5. The van der Waals surface area contributed by atoms with Crippen LogP contribution < -0.4 is 15.5 Å². The van der Waals surface area contributed by atoms with Crippen LogP contribution in [-0.4, -0.2) is 30.9 Å². The molecule has 0 aromatic heterocycles. The summed E-state index contributed by atoms with van der Waals surface area (Å²) in [6.45, 7) is 2.37. The summed E-state index contributed by atoms with van der Waals surface area (Å²) in [6.07, 6.45) is 6.86. The van der Waals surface area contributed by atoms with Gasteiger partial charge in [0, 0.05) is 41.1 Å². The third-order valence-electron chi connectivity index (χ3n) is 6.33. The van der Waals surface area contributed by atoms with Crippen molar-refractivity contribution in [2.75, 3.05) is 22.9 Å². The molecule has 0 radical (unpaired) electrons. The van der Waals surface area contributed by atoms with Gasteiger partial charge in [-0.25, -0.2) is 5.53 Å². The van der Waals surface area contributed by atoms with Crippen molar-refractivity contribution in [2.45, 2.75) is 25.8 Å². The van der Waals surface area contributed by atoms with Gasteiger partial charge in [-0.3, -0.25) is 9.59 Å². The third-order valence-corrected chi connectivity index (χ3v) is 6.68. The molecule has 1 saturated heterocycles. The molecule has 9 heteroatoms. The SMILES string of the molecule is N=NC(N)=NC(=O)c1ccc(CN(C(=O)/C=C/c2ccccc2Cl)c2ccc(N3CCCCC3)cc2)cc1. The van der Waals surface area contributed by atoms with E-state index in [4.69, 9.17) is 22.9 Å². The number of aliphatic imine (C=N–C) groups is 1. The topological polar surface area (TPSA) is 115 Å². The van der Waals surface area contributed by atoms with Gasteiger partial charge in [0.1, 0.15) is 0 Å². The largest absolute Gasteiger partial charge is 0.372 e. The van der Waals surface area contributed by atoms with Gasteiger partial charge in [0.15, 0.2) is 0 Å². The average molecular weight is 529 g/mol. The van der Waals surface area contributed by atoms with E-state index >= 15 is 0 Å². The van der Waals surface area contributed by atoms with Crippen LogP contribution in [-0.2, 0) is 11.3 Å². The van der Waals surface area contributed by atoms with E-state index < -0.39 is 11.9 Å². The molecule has 3 aromatic carbocycles. The summed E-state index contributed by atoms with van der Waals surface area (Å²) < 4.78 is 0. The first-order chi connectivity index (χ1) is 18.4. The maximum absolute atomic E-state index is 13.4. The summed E-state index contributed by atoms with van der Waals surface area (Å²) >= 11 is 6.26. The van der Waals surface area contributed by atoms with E-state index in [1.807, 2.05) is 30.3 Å². The van der Waals surface area contributed by atoms with Crippen LogP contribution in [0.3, 0.4) is 0 Å². The van der Waals surface area contributed by atoms with Crippen LogP contribution >= 0.6 is 11.6 Å². The Morgan fingerprint density at radius 1 is 0.974 bits per heavy atom. The molecular weight excluding hydrogens is 500 g/mol. The maximum Gasteiger partial charge on any atom is 0.280 e. The minimum absolute atomic E-state index is 0.203. The monoisotopic (exact) mass is 528 g/mol. The summed E-state index contributed by atoms with van der Waals surface area (Å²) in [6, 6.07) is 22.1. The van der Waals surface area contributed by atoms with Crippen LogP contribution in [0.15, 0.2) is 89.0 Å². The molecule has 0 spiro atoms. The van der Waals surface area contributed by atoms with Crippen molar-refractivity contribution >= 4 is 46.8 Å². The minimum atomic E-state index is -0.589. The Kier molecular flexibility index (Phi) is 9.00. The zero-order chi connectivity index (χ0) is 26.9. The van der Waals surface area contributed by atoms with Crippen molar-refractivity contribution in [3.63, 3.8) is 0 Å². The van der Waals surface area contributed by atoms with Gasteiger partial charge in [-0.05, 0) is 78.9 Å². The Bertz CT molecular complexity index is 1350. The van der Waals surface area contributed by atoms with E-state index in [1.165, 1.54) is 25.3 Å². The van der Waals surface area contributed by atoms with Crippen molar-refractivity contribution < 1.29 is 9.59 Å². The quantitative estimate of drug-likeness (QED) is 0.168. The van der Waals surface area contributed by atoms with Crippen LogP contribution in [0.25, 0.3) is 6.08 Å². The Hall–Kier alpha value is -4.30. The van der Waals surface area contributed by atoms with Crippen LogP contribution in [0.1, 0.15) is 40.7 Å².